The summed E-state index contributed by atoms with van der Waals surface area (Å²) in [6.45, 7) is 0.887. The number of aryl methyl sites for hydroxylation is 2. The average Bonchev–Trinajstić information content (AvgIpc) is 2.76. The zero-order valence-corrected chi connectivity index (χ0v) is 11.6. The van der Waals surface area contributed by atoms with Crippen LogP contribution in [0.3, 0.4) is 0 Å². The lowest BCUT2D eigenvalue weighted by molar-refractivity contribution is -0.116. The Hall–Kier alpha value is -1.06. The minimum Gasteiger partial charge on any atom is -0.326 e. The standard InChI is InChI=1S/C14H20N2O.ClH/c1-15-9-3-6-14(17)16-13-8-7-11-4-2-5-12(11)10-13;/h7-8,10,15H,2-6,9H2,1H3,(H,16,17);1H. The van der Waals surface area contributed by atoms with E-state index in [1.165, 1.54) is 24.0 Å². The molecule has 2 rings (SSSR count). The summed E-state index contributed by atoms with van der Waals surface area (Å²) >= 11 is 0. The number of carbonyl (C=O) groups excluding carboxylic acids is 1. The van der Waals surface area contributed by atoms with Gasteiger partial charge in [-0.25, -0.2) is 0 Å². The fourth-order valence-corrected chi connectivity index (χ4v) is 2.30. The zero-order chi connectivity index (χ0) is 12.1. The van der Waals surface area contributed by atoms with Crippen molar-refractivity contribution >= 4 is 24.0 Å². The predicted octanol–water partition coefficient (Wildman–Crippen LogP) is 2.54. The van der Waals surface area contributed by atoms with Gasteiger partial charge in [0.25, 0.3) is 0 Å². The number of fused-ring (bicyclic) bond motifs is 1. The van der Waals surface area contributed by atoms with Gasteiger partial charge in [-0.3, -0.25) is 4.79 Å². The van der Waals surface area contributed by atoms with Crippen molar-refractivity contribution in [1.82, 2.24) is 5.32 Å². The van der Waals surface area contributed by atoms with Crippen molar-refractivity contribution in [3.63, 3.8) is 0 Å². The number of rotatable bonds is 5. The fourth-order valence-electron chi connectivity index (χ4n) is 2.30. The number of halogens is 1. The highest BCUT2D eigenvalue weighted by Crippen LogP contribution is 2.24. The van der Waals surface area contributed by atoms with E-state index in [-0.39, 0.29) is 18.3 Å². The van der Waals surface area contributed by atoms with Crippen LogP contribution in [-0.4, -0.2) is 19.5 Å². The summed E-state index contributed by atoms with van der Waals surface area (Å²) in [5.74, 6) is 0.109. The topological polar surface area (TPSA) is 41.1 Å². The first-order chi connectivity index (χ1) is 8.29. The first kappa shape index (κ1) is 15.0. The molecule has 2 N–H and O–H groups in total. The highest BCUT2D eigenvalue weighted by molar-refractivity contribution is 5.90. The Labute approximate surface area is 115 Å². The van der Waals surface area contributed by atoms with Gasteiger partial charge in [0.15, 0.2) is 0 Å². The van der Waals surface area contributed by atoms with Gasteiger partial charge in [0.05, 0.1) is 0 Å². The van der Waals surface area contributed by atoms with Gasteiger partial charge in [-0.15, -0.1) is 12.4 Å². The molecule has 0 saturated carbocycles. The Bertz CT molecular complexity index is 407. The van der Waals surface area contributed by atoms with Crippen molar-refractivity contribution in [1.29, 1.82) is 0 Å². The molecular formula is C14H21ClN2O. The van der Waals surface area contributed by atoms with Crippen LogP contribution in [0.1, 0.15) is 30.4 Å². The number of carbonyl (C=O) groups is 1. The molecule has 1 aliphatic rings. The third-order valence-electron chi connectivity index (χ3n) is 3.21. The molecule has 1 amide bonds. The van der Waals surface area contributed by atoms with Gasteiger partial charge in [0, 0.05) is 12.1 Å². The Morgan fingerprint density at radius 3 is 2.83 bits per heavy atom. The first-order valence-corrected chi connectivity index (χ1v) is 6.36. The molecule has 0 saturated heterocycles. The van der Waals surface area contributed by atoms with Crippen LogP contribution in [0.4, 0.5) is 5.69 Å². The largest absolute Gasteiger partial charge is 0.326 e. The second-order valence-corrected chi connectivity index (χ2v) is 4.59. The molecule has 0 fully saturated rings. The molecule has 0 atom stereocenters. The van der Waals surface area contributed by atoms with Crippen molar-refractivity contribution in [3.05, 3.63) is 29.3 Å². The maximum Gasteiger partial charge on any atom is 0.224 e. The summed E-state index contributed by atoms with van der Waals surface area (Å²) in [5, 5.41) is 6.00. The molecule has 0 unspecified atom stereocenters. The molecule has 4 heteroatoms. The van der Waals surface area contributed by atoms with Crippen molar-refractivity contribution < 1.29 is 4.79 Å². The van der Waals surface area contributed by atoms with Gasteiger partial charge in [0.1, 0.15) is 0 Å². The van der Waals surface area contributed by atoms with E-state index in [0.717, 1.165) is 25.1 Å². The fraction of sp³-hybridized carbons (Fsp3) is 0.500. The number of hydrogen-bond acceptors (Lipinski definition) is 2. The number of hydrogen-bond donors (Lipinski definition) is 2. The Balaban J connectivity index is 0.00000162. The SMILES string of the molecule is CNCCCC(=O)Nc1ccc2c(c1)CCC2.Cl. The number of amides is 1. The van der Waals surface area contributed by atoms with Crippen molar-refractivity contribution in [3.8, 4) is 0 Å². The molecule has 0 heterocycles. The van der Waals surface area contributed by atoms with E-state index >= 15 is 0 Å². The van der Waals surface area contributed by atoms with E-state index in [1.54, 1.807) is 0 Å². The lowest BCUT2D eigenvalue weighted by Crippen LogP contribution is -2.15. The normalized spacial score (nSPS) is 12.7. The summed E-state index contributed by atoms with van der Waals surface area (Å²) in [5.41, 5.74) is 3.79. The Kier molecular flexibility index (Phi) is 6.16. The van der Waals surface area contributed by atoms with E-state index in [4.69, 9.17) is 0 Å². The van der Waals surface area contributed by atoms with Gasteiger partial charge < -0.3 is 10.6 Å². The maximum absolute atomic E-state index is 11.6. The van der Waals surface area contributed by atoms with Gasteiger partial charge >= 0.3 is 0 Å². The Morgan fingerprint density at radius 2 is 2.06 bits per heavy atom. The summed E-state index contributed by atoms with van der Waals surface area (Å²) in [6.07, 6.45) is 5.05. The van der Waals surface area contributed by atoms with Crippen molar-refractivity contribution in [2.24, 2.45) is 0 Å². The van der Waals surface area contributed by atoms with Gasteiger partial charge in [-0.2, -0.15) is 0 Å². The number of benzene rings is 1. The molecule has 0 aliphatic heterocycles. The van der Waals surface area contributed by atoms with Gasteiger partial charge in [-0.1, -0.05) is 6.07 Å². The summed E-state index contributed by atoms with van der Waals surface area (Å²) in [4.78, 5) is 11.6. The second kappa shape index (κ2) is 7.39. The van der Waals surface area contributed by atoms with E-state index in [1.807, 2.05) is 13.1 Å². The van der Waals surface area contributed by atoms with Crippen molar-refractivity contribution in [2.75, 3.05) is 18.9 Å². The molecule has 0 aromatic heterocycles. The van der Waals surface area contributed by atoms with Crippen LogP contribution in [0.2, 0.25) is 0 Å². The third kappa shape index (κ3) is 4.00. The lowest BCUT2D eigenvalue weighted by Gasteiger charge is -2.07. The predicted molar refractivity (Wildman–Crippen MR) is 77.5 cm³/mol. The minimum absolute atomic E-state index is 0. The van der Waals surface area contributed by atoms with Crippen LogP contribution < -0.4 is 10.6 Å². The molecule has 100 valence electrons. The van der Waals surface area contributed by atoms with Crippen molar-refractivity contribution in [2.45, 2.75) is 32.1 Å². The molecular weight excluding hydrogens is 248 g/mol. The molecule has 0 bridgehead atoms. The van der Waals surface area contributed by atoms with Crippen LogP contribution in [0.5, 0.6) is 0 Å². The minimum atomic E-state index is 0. The summed E-state index contributed by atoms with van der Waals surface area (Å²) in [6, 6.07) is 6.28. The van der Waals surface area contributed by atoms with E-state index < -0.39 is 0 Å². The van der Waals surface area contributed by atoms with Crippen LogP contribution in [0.25, 0.3) is 0 Å². The van der Waals surface area contributed by atoms with Crippen LogP contribution in [0, 0.1) is 0 Å². The molecule has 1 aromatic rings. The first-order valence-electron chi connectivity index (χ1n) is 6.36. The average molecular weight is 269 g/mol. The molecule has 3 nitrogen and oxygen atoms in total. The number of anilines is 1. The Morgan fingerprint density at radius 1 is 1.28 bits per heavy atom. The van der Waals surface area contributed by atoms with Gasteiger partial charge in [-0.05, 0) is 62.5 Å². The van der Waals surface area contributed by atoms with E-state index in [9.17, 15) is 4.79 Å². The summed E-state index contributed by atoms with van der Waals surface area (Å²) < 4.78 is 0. The van der Waals surface area contributed by atoms with E-state index in [0.29, 0.717) is 6.42 Å². The quantitative estimate of drug-likeness (QED) is 0.806. The third-order valence-corrected chi connectivity index (χ3v) is 3.21. The second-order valence-electron chi connectivity index (χ2n) is 4.59. The number of nitrogens with one attached hydrogen (secondary N) is 2. The van der Waals surface area contributed by atoms with Gasteiger partial charge in [0.2, 0.25) is 5.91 Å². The van der Waals surface area contributed by atoms with Crippen LogP contribution in [-0.2, 0) is 17.6 Å². The van der Waals surface area contributed by atoms with Crippen LogP contribution in [0.15, 0.2) is 18.2 Å². The highest BCUT2D eigenvalue weighted by Gasteiger charge is 2.11. The van der Waals surface area contributed by atoms with Crippen LogP contribution >= 0.6 is 12.4 Å². The molecule has 1 aliphatic carbocycles. The summed E-state index contributed by atoms with van der Waals surface area (Å²) in [7, 11) is 1.90. The molecule has 1 aromatic carbocycles. The smallest absolute Gasteiger partial charge is 0.224 e. The zero-order valence-electron chi connectivity index (χ0n) is 10.8. The highest BCUT2D eigenvalue weighted by atomic mass is 35.5. The molecule has 18 heavy (non-hydrogen) atoms. The molecule has 0 spiro atoms. The molecule has 0 radical (unpaired) electrons. The van der Waals surface area contributed by atoms with E-state index in [2.05, 4.69) is 22.8 Å². The lowest BCUT2D eigenvalue weighted by atomic mass is 10.1. The maximum atomic E-state index is 11.6. The monoisotopic (exact) mass is 268 g/mol.